The van der Waals surface area contributed by atoms with Crippen LogP contribution in [0.15, 0.2) is 6.07 Å². The summed E-state index contributed by atoms with van der Waals surface area (Å²) in [6.07, 6.45) is -8.65. The largest absolute Gasteiger partial charge is 0.573 e. The number of alkyl halides is 5. The van der Waals surface area contributed by atoms with Crippen LogP contribution in [0.25, 0.3) is 0 Å². The number of nitrogens with zero attached hydrogens (tertiary/aromatic N) is 1. The number of ether oxygens (including phenoxy) is 2. The van der Waals surface area contributed by atoms with E-state index in [-0.39, 0.29) is 18.8 Å². The van der Waals surface area contributed by atoms with Crippen molar-refractivity contribution in [1.29, 1.82) is 0 Å². The Bertz CT molecular complexity index is 519. The van der Waals surface area contributed by atoms with E-state index in [4.69, 9.17) is 5.73 Å². The quantitative estimate of drug-likeness (QED) is 0.668. The first-order valence-corrected chi connectivity index (χ1v) is 5.64. The van der Waals surface area contributed by atoms with Crippen molar-refractivity contribution in [2.45, 2.75) is 26.3 Å². The molecule has 0 spiro atoms. The first-order valence-electron chi connectivity index (χ1n) is 5.64. The molecule has 0 aliphatic heterocycles. The molecule has 0 saturated heterocycles. The summed E-state index contributed by atoms with van der Waals surface area (Å²) in [4.78, 5) is 14.9. The maximum absolute atomic E-state index is 12.8. The molecule has 0 aliphatic carbocycles. The third kappa shape index (κ3) is 4.52. The number of nitrogens with two attached hydrogens (primary N) is 1. The van der Waals surface area contributed by atoms with Gasteiger partial charge in [0.25, 0.3) is 6.43 Å². The van der Waals surface area contributed by atoms with E-state index in [9.17, 15) is 26.7 Å². The van der Waals surface area contributed by atoms with Crippen LogP contribution in [-0.4, -0.2) is 23.9 Å². The summed E-state index contributed by atoms with van der Waals surface area (Å²) >= 11 is 0. The topological polar surface area (TPSA) is 74.4 Å². The smallest absolute Gasteiger partial charge is 0.462 e. The maximum atomic E-state index is 12.8. The van der Waals surface area contributed by atoms with Crippen molar-refractivity contribution in [3.63, 3.8) is 0 Å². The Kier molecular flexibility index (Phi) is 5.41. The monoisotopic (exact) mass is 314 g/mol. The summed E-state index contributed by atoms with van der Waals surface area (Å²) < 4.78 is 70.7. The predicted octanol–water partition coefficient (Wildman–Crippen LogP) is 2.55. The van der Waals surface area contributed by atoms with Gasteiger partial charge in [0.05, 0.1) is 12.3 Å². The van der Waals surface area contributed by atoms with Crippen LogP contribution in [-0.2, 0) is 11.3 Å². The SMILES string of the molecule is CCOC(=O)c1cc(CN)nc(C(F)F)c1OC(F)(F)F. The highest BCUT2D eigenvalue weighted by atomic mass is 19.4. The molecule has 0 unspecified atom stereocenters. The van der Waals surface area contributed by atoms with Crippen molar-refractivity contribution >= 4 is 5.97 Å². The van der Waals surface area contributed by atoms with Gasteiger partial charge >= 0.3 is 12.3 Å². The van der Waals surface area contributed by atoms with Gasteiger partial charge in [0.2, 0.25) is 0 Å². The van der Waals surface area contributed by atoms with Gasteiger partial charge in [-0.1, -0.05) is 0 Å². The fraction of sp³-hybridized carbons (Fsp3) is 0.455. The molecule has 10 heteroatoms. The molecule has 1 rings (SSSR count). The molecular weight excluding hydrogens is 303 g/mol. The van der Waals surface area contributed by atoms with E-state index in [2.05, 4.69) is 14.5 Å². The van der Waals surface area contributed by atoms with Gasteiger partial charge in [-0.15, -0.1) is 13.2 Å². The minimum absolute atomic E-state index is 0.158. The molecule has 5 nitrogen and oxygen atoms in total. The average molecular weight is 314 g/mol. The lowest BCUT2D eigenvalue weighted by molar-refractivity contribution is -0.275. The molecule has 0 amide bonds. The number of rotatable bonds is 5. The van der Waals surface area contributed by atoms with E-state index in [1.165, 1.54) is 6.92 Å². The highest BCUT2D eigenvalue weighted by Gasteiger charge is 2.37. The molecule has 118 valence electrons. The maximum Gasteiger partial charge on any atom is 0.573 e. The zero-order valence-corrected chi connectivity index (χ0v) is 10.7. The fourth-order valence-electron chi connectivity index (χ4n) is 1.44. The number of hydrogen-bond donors (Lipinski definition) is 1. The van der Waals surface area contributed by atoms with E-state index in [0.29, 0.717) is 0 Å². The van der Waals surface area contributed by atoms with Gasteiger partial charge < -0.3 is 15.2 Å². The third-order valence-corrected chi connectivity index (χ3v) is 2.18. The Labute approximate surface area is 115 Å². The molecular formula is C11H11F5N2O3. The second-order valence-corrected chi connectivity index (χ2v) is 3.65. The molecule has 0 aliphatic rings. The number of carbonyl (C=O) groups is 1. The van der Waals surface area contributed by atoms with Crippen molar-refractivity contribution in [3.05, 3.63) is 23.0 Å². The Hall–Kier alpha value is -1.97. The van der Waals surface area contributed by atoms with Crippen LogP contribution < -0.4 is 10.5 Å². The van der Waals surface area contributed by atoms with Gasteiger partial charge in [0.1, 0.15) is 11.3 Å². The van der Waals surface area contributed by atoms with E-state index >= 15 is 0 Å². The Balaban J connectivity index is 3.48. The van der Waals surface area contributed by atoms with Crippen molar-refractivity contribution < 1.29 is 36.2 Å². The van der Waals surface area contributed by atoms with E-state index in [0.717, 1.165) is 6.07 Å². The van der Waals surface area contributed by atoms with Crippen molar-refractivity contribution in [3.8, 4) is 5.75 Å². The van der Waals surface area contributed by atoms with Crippen molar-refractivity contribution in [1.82, 2.24) is 4.98 Å². The van der Waals surface area contributed by atoms with Crippen LogP contribution in [0.4, 0.5) is 22.0 Å². The molecule has 0 atom stereocenters. The summed E-state index contributed by atoms with van der Waals surface area (Å²) in [7, 11) is 0. The summed E-state index contributed by atoms with van der Waals surface area (Å²) in [5, 5.41) is 0. The number of halogens is 5. The second-order valence-electron chi connectivity index (χ2n) is 3.65. The first kappa shape index (κ1) is 17.1. The van der Waals surface area contributed by atoms with Crippen LogP contribution in [0, 0.1) is 0 Å². The molecule has 1 aromatic rings. The highest BCUT2D eigenvalue weighted by molar-refractivity contribution is 5.93. The van der Waals surface area contributed by atoms with Gasteiger partial charge in [-0.05, 0) is 13.0 Å². The van der Waals surface area contributed by atoms with E-state index in [1.807, 2.05) is 0 Å². The van der Waals surface area contributed by atoms with Crippen molar-refractivity contribution in [2.24, 2.45) is 5.73 Å². The fourth-order valence-corrected chi connectivity index (χ4v) is 1.44. The average Bonchev–Trinajstić information content (AvgIpc) is 2.36. The standard InChI is InChI=1S/C11H11F5N2O3/c1-2-20-10(19)6-3-5(4-17)18-7(9(12)13)8(6)21-11(14,15)16/h3,9H,2,4,17H2,1H3. The number of hydrogen-bond acceptors (Lipinski definition) is 5. The Morgan fingerprint density at radius 1 is 1.43 bits per heavy atom. The summed E-state index contributed by atoms with van der Waals surface area (Å²) in [6.45, 7) is 0.897. The Morgan fingerprint density at radius 2 is 2.05 bits per heavy atom. The first-order chi connectivity index (χ1) is 9.69. The molecule has 0 fully saturated rings. The van der Waals surface area contributed by atoms with Gasteiger partial charge in [-0.3, -0.25) is 0 Å². The summed E-state index contributed by atoms with van der Waals surface area (Å²) in [5.41, 5.74) is 2.90. The third-order valence-electron chi connectivity index (χ3n) is 2.18. The second kappa shape index (κ2) is 6.66. The minimum atomic E-state index is -5.27. The minimum Gasteiger partial charge on any atom is -0.462 e. The molecule has 0 saturated carbocycles. The molecule has 0 bridgehead atoms. The molecule has 0 radical (unpaired) electrons. The van der Waals surface area contributed by atoms with Gasteiger partial charge in [0, 0.05) is 6.54 Å². The summed E-state index contributed by atoms with van der Waals surface area (Å²) in [6, 6.07) is 0.824. The normalized spacial score (nSPS) is 11.6. The number of esters is 1. The summed E-state index contributed by atoms with van der Waals surface area (Å²) in [5.74, 6) is -2.62. The number of carbonyl (C=O) groups excluding carboxylic acids is 1. The van der Waals surface area contributed by atoms with Gasteiger partial charge in [0.15, 0.2) is 5.75 Å². The molecule has 1 aromatic heterocycles. The van der Waals surface area contributed by atoms with E-state index in [1.54, 1.807) is 0 Å². The van der Waals surface area contributed by atoms with Crippen LogP contribution in [0.2, 0.25) is 0 Å². The van der Waals surface area contributed by atoms with Crippen LogP contribution in [0.3, 0.4) is 0 Å². The molecule has 1 heterocycles. The van der Waals surface area contributed by atoms with E-state index < -0.39 is 35.8 Å². The zero-order chi connectivity index (χ0) is 16.2. The van der Waals surface area contributed by atoms with Crippen LogP contribution in [0.5, 0.6) is 5.75 Å². The van der Waals surface area contributed by atoms with Crippen molar-refractivity contribution in [2.75, 3.05) is 6.61 Å². The zero-order valence-electron chi connectivity index (χ0n) is 10.7. The lowest BCUT2D eigenvalue weighted by Gasteiger charge is -2.16. The molecule has 21 heavy (non-hydrogen) atoms. The van der Waals surface area contributed by atoms with Crippen LogP contribution in [0.1, 0.15) is 35.1 Å². The van der Waals surface area contributed by atoms with Gasteiger partial charge in [-0.2, -0.15) is 0 Å². The number of aromatic nitrogens is 1. The lowest BCUT2D eigenvalue weighted by atomic mass is 10.1. The predicted molar refractivity (Wildman–Crippen MR) is 59.7 cm³/mol. The number of pyridine rings is 1. The molecule has 0 aromatic carbocycles. The van der Waals surface area contributed by atoms with Gasteiger partial charge in [-0.25, -0.2) is 18.6 Å². The Morgan fingerprint density at radius 3 is 2.48 bits per heavy atom. The molecule has 2 N–H and O–H groups in total. The highest BCUT2D eigenvalue weighted by Crippen LogP contribution is 2.35. The lowest BCUT2D eigenvalue weighted by Crippen LogP contribution is -2.22. The van der Waals surface area contributed by atoms with Crippen LogP contribution >= 0.6 is 0 Å².